The molecule has 0 saturated heterocycles. The second-order valence-electron chi connectivity index (χ2n) is 7.23. The van der Waals surface area contributed by atoms with Crippen molar-refractivity contribution in [3.05, 3.63) is 89.4 Å². The SMILES string of the molecule is Cc1ccc(OCCOC(=O)C2Cc3ccccc3CN2C(=O)c2ccco2)cc1. The maximum absolute atomic E-state index is 12.9. The molecule has 0 aliphatic carbocycles. The Hall–Kier alpha value is -3.54. The van der Waals surface area contributed by atoms with Crippen LogP contribution in [0, 0.1) is 6.92 Å². The van der Waals surface area contributed by atoms with Gasteiger partial charge in [0.1, 0.15) is 25.0 Å². The molecule has 30 heavy (non-hydrogen) atoms. The topological polar surface area (TPSA) is 69.0 Å². The van der Waals surface area contributed by atoms with Gasteiger partial charge in [0.05, 0.1) is 6.26 Å². The van der Waals surface area contributed by atoms with Gasteiger partial charge >= 0.3 is 5.97 Å². The number of fused-ring (bicyclic) bond motifs is 1. The van der Waals surface area contributed by atoms with E-state index in [1.807, 2.05) is 55.5 Å². The molecule has 0 N–H and O–H groups in total. The highest BCUT2D eigenvalue weighted by atomic mass is 16.6. The van der Waals surface area contributed by atoms with Crippen LogP contribution in [0.4, 0.5) is 0 Å². The maximum atomic E-state index is 12.9. The summed E-state index contributed by atoms with van der Waals surface area (Å²) in [7, 11) is 0. The zero-order valence-corrected chi connectivity index (χ0v) is 16.7. The van der Waals surface area contributed by atoms with Gasteiger partial charge in [0.25, 0.3) is 5.91 Å². The van der Waals surface area contributed by atoms with E-state index in [-0.39, 0.29) is 24.9 Å². The second-order valence-corrected chi connectivity index (χ2v) is 7.23. The molecule has 4 rings (SSSR count). The third-order valence-corrected chi connectivity index (χ3v) is 5.13. The number of furan rings is 1. The van der Waals surface area contributed by atoms with Gasteiger partial charge < -0.3 is 18.8 Å². The van der Waals surface area contributed by atoms with Gasteiger partial charge in [0, 0.05) is 13.0 Å². The molecule has 6 heteroatoms. The van der Waals surface area contributed by atoms with E-state index in [2.05, 4.69) is 0 Å². The van der Waals surface area contributed by atoms with Gasteiger partial charge in [0.15, 0.2) is 5.76 Å². The highest BCUT2D eigenvalue weighted by Crippen LogP contribution is 2.26. The summed E-state index contributed by atoms with van der Waals surface area (Å²) < 4.78 is 16.3. The van der Waals surface area contributed by atoms with Gasteiger partial charge in [-0.1, -0.05) is 42.0 Å². The number of hydrogen-bond acceptors (Lipinski definition) is 5. The first kappa shape index (κ1) is 19.8. The number of aryl methyl sites for hydroxylation is 1. The standard InChI is InChI=1S/C24H23NO5/c1-17-8-10-20(11-9-17)28-13-14-30-24(27)21-15-18-5-2-3-6-19(18)16-25(21)23(26)22-7-4-12-29-22/h2-12,21H,13-16H2,1H3. The van der Waals surface area contributed by atoms with E-state index in [0.717, 1.165) is 22.4 Å². The Labute approximate surface area is 175 Å². The van der Waals surface area contributed by atoms with E-state index < -0.39 is 12.0 Å². The number of hydrogen-bond donors (Lipinski definition) is 0. The molecule has 6 nitrogen and oxygen atoms in total. The normalized spacial score (nSPS) is 15.4. The summed E-state index contributed by atoms with van der Waals surface area (Å²) in [6, 6.07) is 18.0. The zero-order chi connectivity index (χ0) is 20.9. The number of rotatable bonds is 6. The van der Waals surface area contributed by atoms with E-state index in [9.17, 15) is 9.59 Å². The zero-order valence-electron chi connectivity index (χ0n) is 16.7. The summed E-state index contributed by atoms with van der Waals surface area (Å²) in [5, 5.41) is 0. The van der Waals surface area contributed by atoms with E-state index in [1.165, 1.54) is 11.2 Å². The van der Waals surface area contributed by atoms with Crippen LogP contribution in [0.25, 0.3) is 0 Å². The van der Waals surface area contributed by atoms with Crippen molar-refractivity contribution in [3.63, 3.8) is 0 Å². The fourth-order valence-corrected chi connectivity index (χ4v) is 3.52. The Bertz CT molecular complexity index is 1010. The van der Waals surface area contributed by atoms with Crippen LogP contribution in [0.3, 0.4) is 0 Å². The number of carbonyl (C=O) groups is 2. The van der Waals surface area contributed by atoms with Crippen LogP contribution in [0.15, 0.2) is 71.3 Å². The smallest absolute Gasteiger partial charge is 0.329 e. The molecule has 1 atom stereocenters. The summed E-state index contributed by atoms with van der Waals surface area (Å²) in [5.41, 5.74) is 3.20. The molecule has 1 amide bonds. The van der Waals surface area contributed by atoms with E-state index in [0.29, 0.717) is 13.0 Å². The van der Waals surface area contributed by atoms with E-state index in [4.69, 9.17) is 13.9 Å². The monoisotopic (exact) mass is 405 g/mol. The predicted octanol–water partition coefficient (Wildman–Crippen LogP) is 3.78. The number of amides is 1. The summed E-state index contributed by atoms with van der Waals surface area (Å²) in [6.07, 6.45) is 1.85. The predicted molar refractivity (Wildman–Crippen MR) is 110 cm³/mol. The molecule has 1 unspecified atom stereocenters. The van der Waals surface area contributed by atoms with Gasteiger partial charge in [-0.05, 0) is 42.3 Å². The molecule has 2 heterocycles. The lowest BCUT2D eigenvalue weighted by molar-refractivity contribution is -0.150. The minimum absolute atomic E-state index is 0.105. The van der Waals surface area contributed by atoms with Crippen molar-refractivity contribution in [2.45, 2.75) is 25.9 Å². The summed E-state index contributed by atoms with van der Waals surface area (Å²) >= 11 is 0. The molecular weight excluding hydrogens is 382 g/mol. The van der Waals surface area contributed by atoms with E-state index >= 15 is 0 Å². The summed E-state index contributed by atoms with van der Waals surface area (Å²) in [5.74, 6) is 0.150. The van der Waals surface area contributed by atoms with Crippen LogP contribution < -0.4 is 4.74 Å². The maximum Gasteiger partial charge on any atom is 0.329 e. The number of esters is 1. The Morgan fingerprint density at radius 1 is 1.00 bits per heavy atom. The van der Waals surface area contributed by atoms with Gasteiger partial charge in [-0.15, -0.1) is 0 Å². The number of nitrogens with zero attached hydrogens (tertiary/aromatic N) is 1. The Morgan fingerprint density at radius 3 is 2.50 bits per heavy atom. The number of benzene rings is 2. The number of carbonyl (C=O) groups excluding carboxylic acids is 2. The first-order valence-electron chi connectivity index (χ1n) is 9.89. The quantitative estimate of drug-likeness (QED) is 0.461. The molecule has 1 aliphatic rings. The van der Waals surface area contributed by atoms with Gasteiger partial charge in [-0.2, -0.15) is 0 Å². The van der Waals surface area contributed by atoms with Crippen molar-refractivity contribution in [2.24, 2.45) is 0 Å². The first-order chi connectivity index (χ1) is 14.6. The molecule has 154 valence electrons. The third-order valence-electron chi connectivity index (χ3n) is 5.13. The highest BCUT2D eigenvalue weighted by Gasteiger charge is 2.36. The molecule has 3 aromatic rings. The molecular formula is C24H23NO5. The van der Waals surface area contributed by atoms with Crippen molar-refractivity contribution < 1.29 is 23.5 Å². The lowest BCUT2D eigenvalue weighted by Crippen LogP contribution is -2.49. The Kier molecular flexibility index (Phi) is 5.84. The molecule has 0 saturated carbocycles. The Morgan fingerprint density at radius 2 is 1.77 bits per heavy atom. The van der Waals surface area contributed by atoms with Crippen LogP contribution in [-0.2, 0) is 22.5 Å². The summed E-state index contributed by atoms with van der Waals surface area (Å²) in [4.78, 5) is 27.3. The minimum atomic E-state index is -0.711. The molecule has 0 spiro atoms. The third kappa shape index (κ3) is 4.38. The van der Waals surface area contributed by atoms with Crippen molar-refractivity contribution in [1.82, 2.24) is 4.90 Å². The van der Waals surface area contributed by atoms with Crippen molar-refractivity contribution in [1.29, 1.82) is 0 Å². The molecule has 1 aromatic heterocycles. The Balaban J connectivity index is 1.42. The average molecular weight is 405 g/mol. The van der Waals surface area contributed by atoms with Crippen LogP contribution in [0.5, 0.6) is 5.75 Å². The fourth-order valence-electron chi connectivity index (χ4n) is 3.52. The van der Waals surface area contributed by atoms with Crippen LogP contribution in [0.2, 0.25) is 0 Å². The lowest BCUT2D eigenvalue weighted by Gasteiger charge is -2.34. The molecule has 1 aliphatic heterocycles. The largest absolute Gasteiger partial charge is 0.490 e. The van der Waals surface area contributed by atoms with Gasteiger partial charge in [-0.25, -0.2) is 4.79 Å². The second kappa shape index (κ2) is 8.86. The van der Waals surface area contributed by atoms with Gasteiger partial charge in [0.2, 0.25) is 0 Å². The molecule has 0 radical (unpaired) electrons. The molecule has 2 aromatic carbocycles. The number of ether oxygens (including phenoxy) is 2. The van der Waals surface area contributed by atoms with Crippen LogP contribution >= 0.6 is 0 Å². The average Bonchev–Trinajstić information content (AvgIpc) is 3.31. The first-order valence-corrected chi connectivity index (χ1v) is 9.89. The highest BCUT2D eigenvalue weighted by molar-refractivity contribution is 5.95. The molecule has 0 bridgehead atoms. The fraction of sp³-hybridized carbons (Fsp3) is 0.250. The van der Waals surface area contributed by atoms with Crippen molar-refractivity contribution >= 4 is 11.9 Å². The van der Waals surface area contributed by atoms with Crippen LogP contribution in [0.1, 0.15) is 27.2 Å². The van der Waals surface area contributed by atoms with E-state index in [1.54, 1.807) is 12.1 Å². The minimum Gasteiger partial charge on any atom is -0.490 e. The van der Waals surface area contributed by atoms with Crippen molar-refractivity contribution in [2.75, 3.05) is 13.2 Å². The van der Waals surface area contributed by atoms with Gasteiger partial charge in [-0.3, -0.25) is 4.79 Å². The summed E-state index contributed by atoms with van der Waals surface area (Å²) in [6.45, 7) is 2.68. The van der Waals surface area contributed by atoms with Crippen molar-refractivity contribution in [3.8, 4) is 5.75 Å². The molecule has 0 fully saturated rings. The van der Waals surface area contributed by atoms with Crippen LogP contribution in [-0.4, -0.2) is 36.0 Å². The lowest BCUT2D eigenvalue weighted by atomic mass is 9.93.